The van der Waals surface area contributed by atoms with Crippen LogP contribution in [0, 0.1) is 0 Å². The number of nitrogens with zero attached hydrogens (tertiary/aromatic N) is 2. The average molecular weight is 676 g/mol. The molecule has 2 amide bonds. The van der Waals surface area contributed by atoms with E-state index in [4.69, 9.17) is 30.5 Å². The first-order chi connectivity index (χ1) is 21.9. The molecule has 0 bridgehead atoms. The number of rotatable bonds is 16. The van der Waals surface area contributed by atoms with Crippen molar-refractivity contribution in [2.75, 3.05) is 39.3 Å². The number of hydrogen-bond donors (Lipinski definition) is 1. The molecule has 0 heterocycles. The van der Waals surface area contributed by atoms with Crippen molar-refractivity contribution < 1.29 is 37.0 Å². The number of methoxy groups -OCH3 is 4. The van der Waals surface area contributed by atoms with Crippen LogP contribution in [0.15, 0.2) is 65.6 Å². The van der Waals surface area contributed by atoms with E-state index in [0.29, 0.717) is 28.5 Å². The molecule has 0 spiro atoms. The van der Waals surface area contributed by atoms with Crippen molar-refractivity contribution in [3.63, 3.8) is 0 Å². The van der Waals surface area contributed by atoms with E-state index in [1.54, 1.807) is 43.3 Å². The Morgan fingerprint density at radius 3 is 2.09 bits per heavy atom. The molecule has 0 aliphatic heterocycles. The molecule has 0 saturated carbocycles. The van der Waals surface area contributed by atoms with Gasteiger partial charge in [0.05, 0.1) is 39.0 Å². The van der Waals surface area contributed by atoms with Gasteiger partial charge in [0.25, 0.3) is 10.0 Å². The average Bonchev–Trinajstić information content (AvgIpc) is 3.06. The summed E-state index contributed by atoms with van der Waals surface area (Å²) in [5, 5.41) is 3.36. The van der Waals surface area contributed by atoms with E-state index in [2.05, 4.69) is 5.32 Å². The summed E-state index contributed by atoms with van der Waals surface area (Å²) in [7, 11) is 1.20. The second kappa shape index (κ2) is 16.4. The van der Waals surface area contributed by atoms with Crippen molar-refractivity contribution in [2.45, 2.75) is 57.1 Å². The van der Waals surface area contributed by atoms with Gasteiger partial charge in [-0.3, -0.25) is 13.9 Å². The molecule has 0 aromatic heterocycles. The van der Waals surface area contributed by atoms with Crippen molar-refractivity contribution in [1.82, 2.24) is 10.2 Å². The molecule has 0 saturated heterocycles. The lowest BCUT2D eigenvalue weighted by Gasteiger charge is -2.34. The van der Waals surface area contributed by atoms with Crippen molar-refractivity contribution in [3.8, 4) is 23.0 Å². The number of carbonyl (C=O) groups is 2. The Morgan fingerprint density at radius 2 is 1.50 bits per heavy atom. The Labute approximate surface area is 276 Å². The molecule has 13 heteroatoms. The summed E-state index contributed by atoms with van der Waals surface area (Å²) >= 11 is 6.49. The molecule has 0 radical (unpaired) electrons. The SMILES string of the molecule is CC[C@@H](C)NC(=O)[C@@H](CC)N(Cc1ccccc1Cl)C(=O)CN(c1cc(OC)ccc1OC)S(=O)(=O)c1ccc(OC)c(OC)c1. The third-order valence-electron chi connectivity index (χ3n) is 7.56. The highest BCUT2D eigenvalue weighted by Gasteiger charge is 2.36. The Bertz CT molecular complexity index is 1620. The van der Waals surface area contributed by atoms with Gasteiger partial charge < -0.3 is 29.2 Å². The van der Waals surface area contributed by atoms with Crippen LogP contribution in [0.2, 0.25) is 5.02 Å². The molecule has 3 aromatic carbocycles. The summed E-state index contributed by atoms with van der Waals surface area (Å²) in [5.41, 5.74) is 0.653. The normalized spacial score (nSPS) is 12.4. The smallest absolute Gasteiger partial charge is 0.265 e. The van der Waals surface area contributed by atoms with Gasteiger partial charge in [-0.1, -0.05) is 43.6 Å². The maximum Gasteiger partial charge on any atom is 0.265 e. The van der Waals surface area contributed by atoms with Gasteiger partial charge in [-0.15, -0.1) is 0 Å². The van der Waals surface area contributed by atoms with Crippen LogP contribution in [-0.2, 0) is 26.2 Å². The molecular weight excluding hydrogens is 634 g/mol. The predicted octanol–water partition coefficient (Wildman–Crippen LogP) is 5.29. The molecule has 0 unspecified atom stereocenters. The van der Waals surface area contributed by atoms with Crippen LogP contribution in [0.4, 0.5) is 5.69 Å². The van der Waals surface area contributed by atoms with Crippen LogP contribution in [0.3, 0.4) is 0 Å². The Kier molecular flexibility index (Phi) is 13.0. The van der Waals surface area contributed by atoms with Gasteiger partial charge in [0.1, 0.15) is 24.1 Å². The predicted molar refractivity (Wildman–Crippen MR) is 178 cm³/mol. The minimum absolute atomic E-state index is 0.0373. The summed E-state index contributed by atoms with van der Waals surface area (Å²) < 4.78 is 51.5. The first-order valence-electron chi connectivity index (χ1n) is 14.8. The minimum atomic E-state index is -4.47. The number of hydrogen-bond acceptors (Lipinski definition) is 8. The monoisotopic (exact) mass is 675 g/mol. The highest BCUT2D eigenvalue weighted by Crippen LogP contribution is 2.38. The van der Waals surface area contributed by atoms with Crippen molar-refractivity contribution in [1.29, 1.82) is 0 Å². The maximum atomic E-state index is 14.5. The molecule has 1 N–H and O–H groups in total. The third kappa shape index (κ3) is 8.35. The maximum absolute atomic E-state index is 14.5. The number of anilines is 1. The zero-order valence-corrected chi connectivity index (χ0v) is 28.8. The summed E-state index contributed by atoms with van der Waals surface area (Å²) in [5.74, 6) is 0.0260. The Hall–Kier alpha value is -4.16. The molecule has 250 valence electrons. The zero-order chi connectivity index (χ0) is 34.0. The molecule has 3 rings (SSSR count). The molecule has 46 heavy (non-hydrogen) atoms. The number of sulfonamides is 1. The molecule has 11 nitrogen and oxygen atoms in total. The van der Waals surface area contributed by atoms with Gasteiger partial charge in [-0.05, 0) is 55.7 Å². The second-order valence-corrected chi connectivity index (χ2v) is 12.7. The van der Waals surface area contributed by atoms with E-state index in [1.165, 1.54) is 57.6 Å². The zero-order valence-electron chi connectivity index (χ0n) is 27.2. The van der Waals surface area contributed by atoms with E-state index in [9.17, 15) is 18.0 Å². The fraction of sp³-hybridized carbons (Fsp3) is 0.394. The lowest BCUT2D eigenvalue weighted by molar-refractivity contribution is -0.140. The van der Waals surface area contributed by atoms with Gasteiger partial charge in [-0.2, -0.15) is 0 Å². The lowest BCUT2D eigenvalue weighted by Crippen LogP contribution is -2.53. The van der Waals surface area contributed by atoms with E-state index >= 15 is 0 Å². The molecule has 3 aromatic rings. The Morgan fingerprint density at radius 1 is 0.848 bits per heavy atom. The van der Waals surface area contributed by atoms with Crippen LogP contribution in [0.1, 0.15) is 39.2 Å². The number of ether oxygens (including phenoxy) is 4. The van der Waals surface area contributed by atoms with Gasteiger partial charge >= 0.3 is 0 Å². The molecule has 0 fully saturated rings. The molecule has 0 aliphatic rings. The fourth-order valence-corrected chi connectivity index (χ4v) is 6.41. The van der Waals surface area contributed by atoms with Crippen LogP contribution in [0.25, 0.3) is 0 Å². The standard InChI is InChI=1S/C33H42ClN3O8S/c1-8-22(3)35-33(39)27(9-2)36(20-23-12-10-11-13-26(23)34)32(38)21-37(28-18-24(42-4)14-16-29(28)43-5)46(40,41)25-15-17-30(44-6)31(19-25)45-7/h10-19,22,27H,8-9,20-21H2,1-7H3,(H,35,39)/t22-,27-/m1/s1. The van der Waals surface area contributed by atoms with E-state index in [0.717, 1.165) is 4.31 Å². The van der Waals surface area contributed by atoms with Crippen LogP contribution < -0.4 is 28.6 Å². The number of halogens is 1. The van der Waals surface area contributed by atoms with Crippen LogP contribution in [0.5, 0.6) is 23.0 Å². The minimum Gasteiger partial charge on any atom is -0.497 e. The van der Waals surface area contributed by atoms with Gasteiger partial charge in [-0.25, -0.2) is 8.42 Å². The van der Waals surface area contributed by atoms with E-state index in [1.807, 2.05) is 13.8 Å². The summed E-state index contributed by atoms with van der Waals surface area (Å²) in [6, 6.07) is 14.7. The number of carbonyl (C=O) groups excluding carboxylic acids is 2. The summed E-state index contributed by atoms with van der Waals surface area (Å²) in [6.07, 6.45) is 0.955. The van der Waals surface area contributed by atoms with Crippen molar-refractivity contribution >= 4 is 39.1 Å². The quantitative estimate of drug-likeness (QED) is 0.217. The number of amides is 2. The first-order valence-corrected chi connectivity index (χ1v) is 16.6. The third-order valence-corrected chi connectivity index (χ3v) is 9.69. The summed E-state index contributed by atoms with van der Waals surface area (Å²) in [6.45, 7) is 4.88. The first kappa shape index (κ1) is 36.3. The van der Waals surface area contributed by atoms with Gasteiger partial charge in [0.15, 0.2) is 11.5 Å². The molecule has 2 atom stereocenters. The Balaban J connectivity index is 2.21. The van der Waals surface area contributed by atoms with Gasteiger partial charge in [0.2, 0.25) is 11.8 Å². The topological polar surface area (TPSA) is 124 Å². The lowest BCUT2D eigenvalue weighted by atomic mass is 10.1. The van der Waals surface area contributed by atoms with Crippen molar-refractivity contribution in [2.24, 2.45) is 0 Å². The van der Waals surface area contributed by atoms with Crippen molar-refractivity contribution in [3.05, 3.63) is 71.2 Å². The largest absolute Gasteiger partial charge is 0.497 e. The van der Waals surface area contributed by atoms with Crippen LogP contribution in [-0.4, -0.2) is 72.2 Å². The highest BCUT2D eigenvalue weighted by atomic mass is 35.5. The van der Waals surface area contributed by atoms with E-state index < -0.39 is 28.5 Å². The fourth-order valence-electron chi connectivity index (χ4n) is 4.78. The van der Waals surface area contributed by atoms with Gasteiger partial charge in [0, 0.05) is 29.7 Å². The number of benzene rings is 3. The second-order valence-electron chi connectivity index (χ2n) is 10.4. The van der Waals surface area contributed by atoms with E-state index in [-0.39, 0.29) is 47.0 Å². The van der Waals surface area contributed by atoms with Crippen LogP contribution >= 0.6 is 11.6 Å². The molecular formula is C33H42ClN3O8S. The molecule has 0 aliphatic carbocycles. The highest BCUT2D eigenvalue weighted by molar-refractivity contribution is 7.92. The number of nitrogens with one attached hydrogen (secondary N) is 1. The summed E-state index contributed by atoms with van der Waals surface area (Å²) in [4.78, 5) is 29.2.